The second-order valence-corrected chi connectivity index (χ2v) is 7.91. The molecule has 0 saturated heterocycles. The van der Waals surface area contributed by atoms with Crippen LogP contribution in [0.15, 0.2) is 21.5 Å². The Labute approximate surface area is 120 Å². The number of nitrogens with one attached hydrogen (secondary N) is 1. The minimum absolute atomic E-state index is 0.0416. The third-order valence-electron chi connectivity index (χ3n) is 3.34. The first kappa shape index (κ1) is 14.7. The predicted molar refractivity (Wildman–Crippen MR) is 75.6 cm³/mol. The molecule has 3 N–H and O–H groups in total. The molecule has 1 aromatic carbocycles. The van der Waals surface area contributed by atoms with Crippen LogP contribution < -0.4 is 10.5 Å². The topological polar surface area (TPSA) is 72.2 Å². The van der Waals surface area contributed by atoms with Gasteiger partial charge in [-0.15, -0.1) is 0 Å². The molecule has 1 aromatic rings. The summed E-state index contributed by atoms with van der Waals surface area (Å²) in [5.74, 6) is -0.300. The van der Waals surface area contributed by atoms with Gasteiger partial charge in [0.25, 0.3) is 0 Å². The number of halogens is 2. The summed E-state index contributed by atoms with van der Waals surface area (Å²) in [5, 5.41) is 0. The number of rotatable bonds is 4. The van der Waals surface area contributed by atoms with Crippen molar-refractivity contribution in [3.8, 4) is 0 Å². The van der Waals surface area contributed by atoms with Crippen molar-refractivity contribution in [3.63, 3.8) is 0 Å². The zero-order chi connectivity index (χ0) is 14.4. The van der Waals surface area contributed by atoms with E-state index in [1.165, 1.54) is 0 Å². The maximum Gasteiger partial charge on any atom is 0.242 e. The largest absolute Gasteiger partial charge is 0.396 e. The third kappa shape index (κ3) is 3.09. The molecule has 0 aliphatic heterocycles. The van der Waals surface area contributed by atoms with Crippen LogP contribution in [0.25, 0.3) is 0 Å². The predicted octanol–water partition coefficient (Wildman–Crippen LogP) is 2.64. The smallest absolute Gasteiger partial charge is 0.242 e. The highest BCUT2D eigenvalue weighted by molar-refractivity contribution is 9.10. The van der Waals surface area contributed by atoms with Crippen LogP contribution in [0.5, 0.6) is 0 Å². The molecular formula is C12H16BrFN2O2S. The van der Waals surface area contributed by atoms with Gasteiger partial charge in [-0.3, -0.25) is 0 Å². The lowest BCUT2D eigenvalue weighted by Gasteiger charge is -2.26. The fourth-order valence-corrected chi connectivity index (χ4v) is 4.56. The van der Waals surface area contributed by atoms with Gasteiger partial charge in [0.2, 0.25) is 10.0 Å². The van der Waals surface area contributed by atoms with Crippen molar-refractivity contribution in [1.29, 1.82) is 0 Å². The van der Waals surface area contributed by atoms with Gasteiger partial charge in [0.05, 0.1) is 10.6 Å². The fourth-order valence-electron chi connectivity index (χ4n) is 2.04. The molecule has 2 rings (SSSR count). The lowest BCUT2D eigenvalue weighted by Crippen LogP contribution is -2.45. The number of benzene rings is 1. The molecule has 0 amide bonds. The number of nitrogens with two attached hydrogens (primary N) is 1. The van der Waals surface area contributed by atoms with Gasteiger partial charge in [-0.25, -0.2) is 17.5 Å². The molecule has 0 bridgehead atoms. The number of sulfonamides is 1. The fraction of sp³-hybridized carbons (Fsp3) is 0.500. The van der Waals surface area contributed by atoms with Crippen LogP contribution in [-0.2, 0) is 10.0 Å². The molecular weight excluding hydrogens is 335 g/mol. The number of hydrogen-bond donors (Lipinski definition) is 2. The summed E-state index contributed by atoms with van der Waals surface area (Å²) in [6.07, 6.45) is 2.03. The van der Waals surface area contributed by atoms with Gasteiger partial charge in [-0.1, -0.05) is 0 Å². The van der Waals surface area contributed by atoms with Crippen molar-refractivity contribution < 1.29 is 12.8 Å². The molecule has 0 unspecified atom stereocenters. The van der Waals surface area contributed by atoms with Crippen LogP contribution in [-0.4, -0.2) is 14.0 Å². The molecule has 0 atom stereocenters. The first-order valence-corrected chi connectivity index (χ1v) is 8.19. The van der Waals surface area contributed by atoms with Crippen molar-refractivity contribution in [2.24, 2.45) is 5.92 Å². The van der Waals surface area contributed by atoms with E-state index in [4.69, 9.17) is 5.73 Å². The first-order chi connectivity index (χ1) is 8.63. The maximum atomic E-state index is 13.3. The lowest BCUT2D eigenvalue weighted by atomic mass is 10.0. The molecule has 1 fully saturated rings. The molecule has 7 heteroatoms. The Bertz CT molecular complexity index is 612. The monoisotopic (exact) mass is 350 g/mol. The summed E-state index contributed by atoms with van der Waals surface area (Å²) >= 11 is 3.06. The second-order valence-electron chi connectivity index (χ2n) is 5.41. The first-order valence-electron chi connectivity index (χ1n) is 5.92. The molecule has 19 heavy (non-hydrogen) atoms. The Morgan fingerprint density at radius 3 is 2.53 bits per heavy atom. The van der Waals surface area contributed by atoms with E-state index in [-0.39, 0.29) is 15.1 Å². The van der Waals surface area contributed by atoms with Crippen LogP contribution in [0.2, 0.25) is 0 Å². The van der Waals surface area contributed by atoms with Crippen LogP contribution in [0.4, 0.5) is 10.1 Å². The minimum Gasteiger partial charge on any atom is -0.396 e. The molecule has 1 aliphatic carbocycles. The molecule has 0 spiro atoms. The van der Waals surface area contributed by atoms with Crippen molar-refractivity contribution in [2.45, 2.75) is 37.1 Å². The second kappa shape index (κ2) is 4.71. The van der Waals surface area contributed by atoms with E-state index in [2.05, 4.69) is 20.7 Å². The van der Waals surface area contributed by atoms with E-state index in [0.29, 0.717) is 5.92 Å². The number of anilines is 1. The van der Waals surface area contributed by atoms with E-state index in [1.54, 1.807) is 0 Å². The molecule has 106 valence electrons. The standard InChI is InChI=1S/C12H16BrFN2O2S/c1-12(2,7-3-4-7)16-19(17,18)11-6-10(15)9(14)5-8(11)13/h5-7,16H,3-4,15H2,1-2H3. The summed E-state index contributed by atoms with van der Waals surface area (Å²) in [5.41, 5.74) is 4.73. The van der Waals surface area contributed by atoms with Crippen LogP contribution in [0.3, 0.4) is 0 Å². The van der Waals surface area contributed by atoms with Crippen LogP contribution >= 0.6 is 15.9 Å². The Morgan fingerprint density at radius 2 is 2.00 bits per heavy atom. The summed E-state index contributed by atoms with van der Waals surface area (Å²) in [6, 6.07) is 2.19. The third-order valence-corrected chi connectivity index (χ3v) is 5.97. The molecule has 1 saturated carbocycles. The summed E-state index contributed by atoms with van der Waals surface area (Å²) in [4.78, 5) is -0.0416. The molecule has 0 aromatic heterocycles. The molecule has 4 nitrogen and oxygen atoms in total. The van der Waals surface area contributed by atoms with Gasteiger partial charge >= 0.3 is 0 Å². The van der Waals surface area contributed by atoms with E-state index in [9.17, 15) is 12.8 Å². The van der Waals surface area contributed by atoms with E-state index >= 15 is 0 Å². The zero-order valence-corrected chi connectivity index (χ0v) is 13.1. The Hall–Kier alpha value is -0.660. The molecule has 0 heterocycles. The van der Waals surface area contributed by atoms with Gasteiger partial charge in [0, 0.05) is 10.0 Å². The van der Waals surface area contributed by atoms with Gasteiger partial charge < -0.3 is 5.73 Å². The SMILES string of the molecule is CC(C)(NS(=O)(=O)c1cc(N)c(F)cc1Br)C1CC1. The highest BCUT2D eigenvalue weighted by Gasteiger charge is 2.41. The van der Waals surface area contributed by atoms with Crippen molar-refractivity contribution >= 4 is 31.6 Å². The number of hydrogen-bond acceptors (Lipinski definition) is 3. The maximum absolute atomic E-state index is 13.3. The normalized spacial score (nSPS) is 16.6. The Kier molecular flexibility index (Phi) is 3.66. The Balaban J connectivity index is 2.37. The molecule has 1 aliphatic rings. The van der Waals surface area contributed by atoms with Crippen molar-refractivity contribution in [3.05, 3.63) is 22.4 Å². The highest BCUT2D eigenvalue weighted by Crippen LogP contribution is 2.40. The van der Waals surface area contributed by atoms with Crippen LogP contribution in [0.1, 0.15) is 26.7 Å². The van der Waals surface area contributed by atoms with Gasteiger partial charge in [0.1, 0.15) is 5.82 Å². The van der Waals surface area contributed by atoms with E-state index in [0.717, 1.165) is 25.0 Å². The lowest BCUT2D eigenvalue weighted by molar-refractivity contribution is 0.400. The van der Waals surface area contributed by atoms with Crippen molar-refractivity contribution in [2.75, 3.05) is 5.73 Å². The highest BCUT2D eigenvalue weighted by atomic mass is 79.9. The summed E-state index contributed by atoms with van der Waals surface area (Å²) in [6.45, 7) is 3.70. The number of nitrogen functional groups attached to an aromatic ring is 1. The van der Waals surface area contributed by atoms with Gasteiger partial charge in [-0.05, 0) is 60.7 Å². The zero-order valence-electron chi connectivity index (χ0n) is 10.7. The average molecular weight is 351 g/mol. The van der Waals surface area contributed by atoms with E-state index in [1.807, 2.05) is 13.8 Å². The summed E-state index contributed by atoms with van der Waals surface area (Å²) < 4.78 is 40.8. The molecule has 0 radical (unpaired) electrons. The average Bonchev–Trinajstić information content (AvgIpc) is 3.05. The van der Waals surface area contributed by atoms with Gasteiger partial charge in [-0.2, -0.15) is 0 Å². The summed E-state index contributed by atoms with van der Waals surface area (Å²) in [7, 11) is -3.74. The van der Waals surface area contributed by atoms with Gasteiger partial charge in [0.15, 0.2) is 0 Å². The van der Waals surface area contributed by atoms with Crippen LogP contribution in [0, 0.1) is 11.7 Å². The Morgan fingerprint density at radius 1 is 1.42 bits per heavy atom. The minimum atomic E-state index is -3.74. The van der Waals surface area contributed by atoms with Crippen molar-refractivity contribution in [1.82, 2.24) is 4.72 Å². The van der Waals surface area contributed by atoms with E-state index < -0.39 is 21.4 Å². The quantitative estimate of drug-likeness (QED) is 0.820.